The topological polar surface area (TPSA) is 42.2 Å². The van der Waals surface area contributed by atoms with E-state index in [9.17, 15) is 4.79 Å². The Morgan fingerprint density at radius 2 is 1.59 bits per heavy atom. The fraction of sp³-hybridized carbons (Fsp3) is 0.452. The van der Waals surface area contributed by atoms with E-state index in [1.54, 1.807) is 6.07 Å². The summed E-state index contributed by atoms with van der Waals surface area (Å²) < 4.78 is 6.04. The van der Waals surface area contributed by atoms with Crippen molar-refractivity contribution in [3.8, 4) is 0 Å². The highest BCUT2D eigenvalue weighted by Gasteiger charge is 2.37. The van der Waals surface area contributed by atoms with E-state index < -0.39 is 0 Å². The first kappa shape index (κ1) is 24.3. The van der Waals surface area contributed by atoms with Crippen LogP contribution in [0.5, 0.6) is 0 Å². The average molecular weight is 458 g/mol. The minimum atomic E-state index is -0.201. The number of carbonyl (C=O) groups excluding carboxylic acids is 1. The first-order valence-corrected chi connectivity index (χ1v) is 12.5. The van der Waals surface area contributed by atoms with E-state index in [0.717, 1.165) is 22.6 Å². The number of amides is 1. The molecule has 34 heavy (non-hydrogen) atoms. The van der Waals surface area contributed by atoms with Crippen LogP contribution < -0.4 is 5.32 Å². The number of furan rings is 1. The Morgan fingerprint density at radius 3 is 2.24 bits per heavy atom. The molecule has 2 aromatic carbocycles. The smallest absolute Gasteiger partial charge is 0.291 e. The Labute approximate surface area is 205 Å². The summed E-state index contributed by atoms with van der Waals surface area (Å²) in [5.74, 6) is 1.29. The van der Waals surface area contributed by atoms with Crippen LogP contribution in [-0.2, 0) is 17.3 Å². The van der Waals surface area contributed by atoms with E-state index in [-0.39, 0.29) is 16.7 Å². The minimum absolute atomic E-state index is 0.170. The van der Waals surface area contributed by atoms with Crippen LogP contribution in [0.3, 0.4) is 0 Å². The molecular weight excluding hydrogens is 418 g/mol. The summed E-state index contributed by atoms with van der Waals surface area (Å²) in [5.41, 5.74) is 8.93. The summed E-state index contributed by atoms with van der Waals surface area (Å²) in [6.07, 6.45) is 3.09. The summed E-state index contributed by atoms with van der Waals surface area (Å²) in [4.78, 5) is 13.0. The van der Waals surface area contributed by atoms with Crippen molar-refractivity contribution in [3.05, 3.63) is 87.4 Å². The number of fused-ring (bicyclic) bond motifs is 1. The highest BCUT2D eigenvalue weighted by atomic mass is 16.3. The SMILES string of the molecule is Cc1cc2c(cc1Cc1ccc(C(=O)Nc3c(C)cccc3C(C)C)o1)C(C)(C)CCC2(C)C. The summed E-state index contributed by atoms with van der Waals surface area (Å²) >= 11 is 0. The first-order valence-electron chi connectivity index (χ1n) is 12.5. The van der Waals surface area contributed by atoms with Crippen molar-refractivity contribution in [2.45, 2.75) is 91.4 Å². The van der Waals surface area contributed by atoms with E-state index in [1.165, 1.54) is 35.1 Å². The van der Waals surface area contributed by atoms with Crippen molar-refractivity contribution >= 4 is 11.6 Å². The van der Waals surface area contributed by atoms with E-state index in [0.29, 0.717) is 18.1 Å². The average Bonchev–Trinajstić information content (AvgIpc) is 3.22. The maximum Gasteiger partial charge on any atom is 0.291 e. The van der Waals surface area contributed by atoms with Gasteiger partial charge in [0.15, 0.2) is 5.76 Å². The Balaban J connectivity index is 1.58. The standard InChI is InChI=1S/C31H39NO2/c1-19(2)24-11-9-10-20(3)28(24)32-29(33)27-13-12-23(34-27)17-22-18-26-25(16-21(22)4)30(5,6)14-15-31(26,7)8/h9-13,16,18-19H,14-15,17H2,1-8H3,(H,32,33). The van der Waals surface area contributed by atoms with Gasteiger partial charge in [-0.25, -0.2) is 0 Å². The molecule has 1 aliphatic rings. The second-order valence-corrected chi connectivity index (χ2v) is 11.7. The van der Waals surface area contributed by atoms with Gasteiger partial charge in [-0.2, -0.15) is 0 Å². The van der Waals surface area contributed by atoms with Crippen LogP contribution in [0.15, 0.2) is 46.9 Å². The summed E-state index contributed by atoms with van der Waals surface area (Å²) in [5, 5.41) is 3.09. The number of carbonyl (C=O) groups is 1. The molecule has 0 saturated heterocycles. The van der Waals surface area contributed by atoms with Gasteiger partial charge in [0.25, 0.3) is 5.91 Å². The Hall–Kier alpha value is -2.81. The second kappa shape index (κ2) is 8.76. The van der Waals surface area contributed by atoms with Crippen molar-refractivity contribution < 1.29 is 9.21 Å². The third kappa shape index (κ3) is 4.58. The van der Waals surface area contributed by atoms with E-state index in [2.05, 4.69) is 72.0 Å². The summed E-state index contributed by atoms with van der Waals surface area (Å²) in [6.45, 7) is 17.9. The molecule has 0 aliphatic heterocycles. The van der Waals surface area contributed by atoms with E-state index in [1.807, 2.05) is 25.1 Å². The van der Waals surface area contributed by atoms with Gasteiger partial charge in [-0.15, -0.1) is 0 Å². The van der Waals surface area contributed by atoms with Crippen LogP contribution in [-0.4, -0.2) is 5.91 Å². The maximum absolute atomic E-state index is 13.0. The van der Waals surface area contributed by atoms with Crippen molar-refractivity contribution in [2.75, 3.05) is 5.32 Å². The number of rotatable bonds is 5. The van der Waals surface area contributed by atoms with Crippen LogP contribution >= 0.6 is 0 Å². The zero-order valence-electron chi connectivity index (χ0n) is 22.1. The Morgan fingerprint density at radius 1 is 0.941 bits per heavy atom. The van der Waals surface area contributed by atoms with Crippen molar-refractivity contribution in [3.63, 3.8) is 0 Å². The van der Waals surface area contributed by atoms with Crippen LogP contribution in [0.1, 0.15) is 110 Å². The van der Waals surface area contributed by atoms with Gasteiger partial charge in [0.2, 0.25) is 0 Å². The molecule has 1 amide bonds. The predicted octanol–water partition coefficient (Wildman–Crippen LogP) is 8.21. The first-order chi connectivity index (χ1) is 15.9. The molecular formula is C31H39NO2. The normalized spacial score (nSPS) is 16.4. The summed E-state index contributed by atoms with van der Waals surface area (Å²) in [6, 6.07) is 14.6. The minimum Gasteiger partial charge on any atom is -0.456 e. The fourth-order valence-electron chi connectivity index (χ4n) is 5.26. The lowest BCUT2D eigenvalue weighted by molar-refractivity contribution is 0.0995. The molecule has 0 fully saturated rings. The number of para-hydroxylation sites is 1. The Bertz CT molecular complexity index is 1230. The molecule has 1 N–H and O–H groups in total. The van der Waals surface area contributed by atoms with Crippen LogP contribution in [0, 0.1) is 13.8 Å². The molecule has 1 aromatic heterocycles. The largest absolute Gasteiger partial charge is 0.456 e. The number of hydrogen-bond acceptors (Lipinski definition) is 2. The van der Waals surface area contributed by atoms with Gasteiger partial charge in [0.1, 0.15) is 5.76 Å². The lowest BCUT2D eigenvalue weighted by atomic mass is 9.62. The van der Waals surface area contributed by atoms with Gasteiger partial charge in [0, 0.05) is 12.1 Å². The van der Waals surface area contributed by atoms with Crippen LogP contribution in [0.2, 0.25) is 0 Å². The number of aryl methyl sites for hydroxylation is 2. The maximum atomic E-state index is 13.0. The lowest BCUT2D eigenvalue weighted by Gasteiger charge is -2.42. The van der Waals surface area contributed by atoms with E-state index in [4.69, 9.17) is 4.42 Å². The molecule has 1 heterocycles. The van der Waals surface area contributed by atoms with Gasteiger partial charge in [0.05, 0.1) is 0 Å². The quantitative estimate of drug-likeness (QED) is 0.419. The fourth-order valence-corrected chi connectivity index (χ4v) is 5.26. The summed E-state index contributed by atoms with van der Waals surface area (Å²) in [7, 11) is 0. The number of hydrogen-bond donors (Lipinski definition) is 1. The molecule has 3 aromatic rings. The molecule has 1 aliphatic carbocycles. The number of benzene rings is 2. The number of nitrogens with one attached hydrogen (secondary N) is 1. The van der Waals surface area contributed by atoms with Crippen molar-refractivity contribution in [2.24, 2.45) is 0 Å². The van der Waals surface area contributed by atoms with E-state index >= 15 is 0 Å². The highest BCUT2D eigenvalue weighted by Crippen LogP contribution is 2.46. The molecule has 3 heteroatoms. The lowest BCUT2D eigenvalue weighted by Crippen LogP contribution is -2.34. The molecule has 0 bridgehead atoms. The van der Waals surface area contributed by atoms with Crippen LogP contribution in [0.4, 0.5) is 5.69 Å². The molecule has 0 unspecified atom stereocenters. The van der Waals surface area contributed by atoms with Gasteiger partial charge in [-0.3, -0.25) is 4.79 Å². The third-order valence-corrected chi connectivity index (χ3v) is 7.73. The molecule has 0 atom stereocenters. The zero-order valence-corrected chi connectivity index (χ0v) is 22.1. The highest BCUT2D eigenvalue weighted by molar-refractivity contribution is 6.03. The third-order valence-electron chi connectivity index (χ3n) is 7.73. The molecule has 180 valence electrons. The van der Waals surface area contributed by atoms with Gasteiger partial charge in [-0.05, 0) is 89.0 Å². The van der Waals surface area contributed by atoms with Crippen molar-refractivity contribution in [1.82, 2.24) is 0 Å². The van der Waals surface area contributed by atoms with Crippen LogP contribution in [0.25, 0.3) is 0 Å². The molecule has 0 radical (unpaired) electrons. The predicted molar refractivity (Wildman–Crippen MR) is 141 cm³/mol. The van der Waals surface area contributed by atoms with Crippen molar-refractivity contribution in [1.29, 1.82) is 0 Å². The molecule has 0 saturated carbocycles. The van der Waals surface area contributed by atoms with Gasteiger partial charge >= 0.3 is 0 Å². The van der Waals surface area contributed by atoms with Gasteiger partial charge < -0.3 is 9.73 Å². The molecule has 4 rings (SSSR count). The molecule has 3 nitrogen and oxygen atoms in total. The second-order valence-electron chi connectivity index (χ2n) is 11.7. The zero-order chi connectivity index (χ0) is 24.8. The Kier molecular flexibility index (Phi) is 6.27. The monoisotopic (exact) mass is 457 g/mol. The number of anilines is 1. The van der Waals surface area contributed by atoms with Gasteiger partial charge in [-0.1, -0.05) is 71.9 Å². The molecule has 0 spiro atoms.